The van der Waals surface area contributed by atoms with E-state index in [9.17, 15) is 5.11 Å². The Balaban J connectivity index is 1.54. The van der Waals surface area contributed by atoms with Gasteiger partial charge in [0.25, 0.3) is 0 Å². The van der Waals surface area contributed by atoms with E-state index in [-0.39, 0.29) is 0 Å². The maximum absolute atomic E-state index is 9.82. The van der Waals surface area contributed by atoms with Crippen LogP contribution in [-0.2, 0) is 0 Å². The Bertz CT molecular complexity index is 968. The van der Waals surface area contributed by atoms with E-state index in [4.69, 9.17) is 14.1 Å². The lowest BCUT2D eigenvalue weighted by Crippen LogP contribution is -2.46. The fourth-order valence-corrected chi connectivity index (χ4v) is 3.74. The van der Waals surface area contributed by atoms with Gasteiger partial charge >= 0.3 is 0 Å². The molecule has 0 aliphatic carbocycles. The highest BCUT2D eigenvalue weighted by Gasteiger charge is 2.21. The van der Waals surface area contributed by atoms with Crippen molar-refractivity contribution in [1.29, 1.82) is 0 Å². The molecule has 0 spiro atoms. The summed E-state index contributed by atoms with van der Waals surface area (Å²) in [6.45, 7) is 11.3. The minimum atomic E-state index is -0.719. The van der Waals surface area contributed by atoms with Crippen molar-refractivity contribution in [3.63, 3.8) is 0 Å². The average molecular weight is 410 g/mol. The van der Waals surface area contributed by atoms with Crippen LogP contribution in [0.3, 0.4) is 0 Å². The maximum Gasteiger partial charge on any atom is 0.176 e. The molecule has 160 valence electrons. The van der Waals surface area contributed by atoms with Crippen LogP contribution in [0.4, 0.5) is 5.82 Å². The number of hydrogen-bond acceptors (Lipinski definition) is 6. The summed E-state index contributed by atoms with van der Waals surface area (Å²) in [4.78, 5) is 9.77. The van der Waals surface area contributed by atoms with Crippen LogP contribution in [0.25, 0.3) is 22.2 Å². The van der Waals surface area contributed by atoms with Gasteiger partial charge in [-0.2, -0.15) is 0 Å². The van der Waals surface area contributed by atoms with Crippen molar-refractivity contribution in [2.24, 2.45) is 0 Å². The molecule has 30 heavy (non-hydrogen) atoms. The number of nitrogens with zero attached hydrogens (tertiary/aromatic N) is 3. The Morgan fingerprint density at radius 2 is 1.83 bits per heavy atom. The van der Waals surface area contributed by atoms with Gasteiger partial charge in [-0.05, 0) is 56.8 Å². The lowest BCUT2D eigenvalue weighted by Gasteiger charge is -2.34. The van der Waals surface area contributed by atoms with Crippen LogP contribution in [0.1, 0.15) is 27.2 Å². The number of fused-ring (bicyclic) bond motifs is 1. The van der Waals surface area contributed by atoms with Crippen LogP contribution >= 0.6 is 0 Å². The van der Waals surface area contributed by atoms with Crippen molar-refractivity contribution in [3.05, 3.63) is 42.7 Å². The highest BCUT2D eigenvalue weighted by Crippen LogP contribution is 2.32. The molecular formula is C24H31N3O3. The van der Waals surface area contributed by atoms with Crippen LogP contribution in [0.5, 0.6) is 5.75 Å². The highest BCUT2D eigenvalue weighted by atomic mass is 16.5. The van der Waals surface area contributed by atoms with E-state index in [1.807, 2.05) is 30.3 Å². The molecule has 0 saturated carbocycles. The monoisotopic (exact) mass is 409 g/mol. The van der Waals surface area contributed by atoms with Gasteiger partial charge < -0.3 is 24.1 Å². The standard InChI is InChI=1S/C24H31N3O3/c1-4-26-11-13-27(14-12-26)23-22-19(9-15-30-22)17-21(25-23)18-5-7-20(8-6-18)29-16-10-24(2,3)28/h5-9,15,17,28H,4,10-14,16H2,1-3H3. The number of piperazine rings is 1. The first-order chi connectivity index (χ1) is 14.4. The summed E-state index contributed by atoms with van der Waals surface area (Å²) in [5.41, 5.74) is 2.11. The maximum atomic E-state index is 9.82. The summed E-state index contributed by atoms with van der Waals surface area (Å²) in [5.74, 6) is 1.72. The van der Waals surface area contributed by atoms with Crippen LogP contribution in [-0.4, -0.2) is 59.9 Å². The van der Waals surface area contributed by atoms with Gasteiger partial charge in [0, 0.05) is 43.5 Å². The largest absolute Gasteiger partial charge is 0.493 e. The van der Waals surface area contributed by atoms with Crippen molar-refractivity contribution < 1.29 is 14.3 Å². The van der Waals surface area contributed by atoms with Gasteiger partial charge in [0.15, 0.2) is 11.4 Å². The smallest absolute Gasteiger partial charge is 0.176 e. The van der Waals surface area contributed by atoms with E-state index in [1.54, 1.807) is 20.1 Å². The molecule has 1 N–H and O–H groups in total. The molecule has 2 aromatic heterocycles. The van der Waals surface area contributed by atoms with Crippen molar-refractivity contribution in [2.45, 2.75) is 32.8 Å². The Kier molecular flexibility index (Phi) is 5.97. The van der Waals surface area contributed by atoms with Crippen LogP contribution in [0, 0.1) is 0 Å². The molecule has 0 radical (unpaired) electrons. The van der Waals surface area contributed by atoms with Gasteiger partial charge in [0.2, 0.25) is 0 Å². The number of ether oxygens (including phenoxy) is 1. The molecule has 0 bridgehead atoms. The van der Waals surface area contributed by atoms with Crippen molar-refractivity contribution in [2.75, 3.05) is 44.2 Å². The number of benzene rings is 1. The molecule has 1 aliphatic heterocycles. The van der Waals surface area contributed by atoms with Crippen LogP contribution < -0.4 is 9.64 Å². The first kappa shape index (κ1) is 20.7. The molecule has 0 unspecified atom stereocenters. The van der Waals surface area contributed by atoms with Crippen molar-refractivity contribution in [3.8, 4) is 17.0 Å². The topological polar surface area (TPSA) is 62.0 Å². The van der Waals surface area contributed by atoms with E-state index in [1.165, 1.54) is 0 Å². The lowest BCUT2D eigenvalue weighted by atomic mass is 10.1. The first-order valence-electron chi connectivity index (χ1n) is 10.7. The van der Waals surface area contributed by atoms with E-state index in [0.29, 0.717) is 13.0 Å². The third-order valence-corrected chi connectivity index (χ3v) is 5.67. The quantitative estimate of drug-likeness (QED) is 0.632. The Hall–Kier alpha value is -2.57. The van der Waals surface area contributed by atoms with Gasteiger partial charge in [-0.15, -0.1) is 0 Å². The molecule has 1 aliphatic rings. The van der Waals surface area contributed by atoms with Gasteiger partial charge in [-0.1, -0.05) is 6.92 Å². The van der Waals surface area contributed by atoms with Crippen LogP contribution in [0.2, 0.25) is 0 Å². The first-order valence-corrected chi connectivity index (χ1v) is 10.7. The fourth-order valence-electron chi connectivity index (χ4n) is 3.74. The Morgan fingerprint density at radius 3 is 2.50 bits per heavy atom. The van der Waals surface area contributed by atoms with E-state index >= 15 is 0 Å². The number of likely N-dealkylation sites (N-methyl/N-ethyl adjacent to an activating group) is 1. The SMILES string of the molecule is CCN1CCN(c2nc(-c3ccc(OCCC(C)(C)O)cc3)cc3ccoc23)CC1. The van der Waals surface area contributed by atoms with Gasteiger partial charge in [-0.3, -0.25) is 0 Å². The third kappa shape index (κ3) is 4.77. The predicted octanol–water partition coefficient (Wildman–Crippen LogP) is 4.18. The van der Waals surface area contributed by atoms with E-state index in [2.05, 4.69) is 22.8 Å². The van der Waals surface area contributed by atoms with Crippen LogP contribution in [0.15, 0.2) is 47.1 Å². The second kappa shape index (κ2) is 8.66. The number of furan rings is 1. The Morgan fingerprint density at radius 1 is 1.10 bits per heavy atom. The van der Waals surface area contributed by atoms with Gasteiger partial charge in [0.05, 0.1) is 24.2 Å². The lowest BCUT2D eigenvalue weighted by molar-refractivity contribution is 0.0553. The summed E-state index contributed by atoms with van der Waals surface area (Å²) >= 11 is 0. The van der Waals surface area contributed by atoms with E-state index < -0.39 is 5.60 Å². The molecule has 1 fully saturated rings. The molecule has 6 heteroatoms. The zero-order valence-corrected chi connectivity index (χ0v) is 18.1. The van der Waals surface area contributed by atoms with Gasteiger partial charge in [-0.25, -0.2) is 4.98 Å². The van der Waals surface area contributed by atoms with Gasteiger partial charge in [0.1, 0.15) is 5.75 Å². The molecule has 6 nitrogen and oxygen atoms in total. The molecule has 3 aromatic rings. The molecule has 3 heterocycles. The van der Waals surface area contributed by atoms with E-state index in [0.717, 1.165) is 66.5 Å². The Labute approximate surface area is 178 Å². The summed E-state index contributed by atoms with van der Waals surface area (Å²) < 4.78 is 11.5. The summed E-state index contributed by atoms with van der Waals surface area (Å²) in [6, 6.07) is 12.1. The molecule has 1 aromatic carbocycles. The molecule has 4 rings (SSSR count). The summed E-state index contributed by atoms with van der Waals surface area (Å²) in [5, 5.41) is 10.9. The molecule has 0 amide bonds. The van der Waals surface area contributed by atoms with Crippen molar-refractivity contribution in [1.82, 2.24) is 9.88 Å². The minimum Gasteiger partial charge on any atom is -0.493 e. The van der Waals surface area contributed by atoms with Crippen molar-refractivity contribution >= 4 is 16.8 Å². The third-order valence-electron chi connectivity index (χ3n) is 5.67. The zero-order valence-electron chi connectivity index (χ0n) is 18.1. The second-order valence-corrected chi connectivity index (χ2v) is 8.53. The molecule has 0 atom stereocenters. The zero-order chi connectivity index (χ0) is 21.1. The summed E-state index contributed by atoms with van der Waals surface area (Å²) in [7, 11) is 0. The summed E-state index contributed by atoms with van der Waals surface area (Å²) in [6.07, 6.45) is 2.32. The molecular weight excluding hydrogens is 378 g/mol. The number of rotatable bonds is 7. The number of anilines is 1. The number of hydrogen-bond donors (Lipinski definition) is 1. The number of aromatic nitrogens is 1. The normalized spacial score (nSPS) is 15.7. The number of pyridine rings is 1. The minimum absolute atomic E-state index is 0.482. The number of aliphatic hydroxyl groups is 1. The average Bonchev–Trinajstić information content (AvgIpc) is 3.21. The predicted molar refractivity (Wildman–Crippen MR) is 120 cm³/mol. The molecule has 1 saturated heterocycles. The fraction of sp³-hybridized carbons (Fsp3) is 0.458. The highest BCUT2D eigenvalue weighted by molar-refractivity contribution is 5.90. The second-order valence-electron chi connectivity index (χ2n) is 8.53.